The van der Waals surface area contributed by atoms with E-state index < -0.39 is 0 Å². The molecule has 1 fully saturated rings. The van der Waals surface area contributed by atoms with Gasteiger partial charge in [-0.25, -0.2) is 4.98 Å². The lowest BCUT2D eigenvalue weighted by atomic mass is 10.0. The Bertz CT molecular complexity index is 573. The molecule has 0 saturated carbocycles. The second kappa shape index (κ2) is 5.05. The van der Waals surface area contributed by atoms with Crippen molar-refractivity contribution in [1.29, 1.82) is 0 Å². The lowest BCUT2D eigenvalue weighted by Gasteiger charge is -2.31. The Kier molecular flexibility index (Phi) is 3.25. The summed E-state index contributed by atoms with van der Waals surface area (Å²) in [6, 6.07) is 8.82. The molecular formula is C15H20N4. The fourth-order valence-electron chi connectivity index (χ4n) is 2.67. The number of benzene rings is 1. The molecule has 1 aromatic carbocycles. The third kappa shape index (κ3) is 2.36. The van der Waals surface area contributed by atoms with Crippen LogP contribution in [0.1, 0.15) is 12.8 Å². The summed E-state index contributed by atoms with van der Waals surface area (Å²) in [5, 5.41) is 5.64. The molecule has 2 aromatic rings. The zero-order valence-electron chi connectivity index (χ0n) is 11.3. The first-order valence-electron chi connectivity index (χ1n) is 6.85. The number of hydrogen-bond donors (Lipinski definition) is 2. The first-order chi connectivity index (χ1) is 9.28. The summed E-state index contributed by atoms with van der Waals surface area (Å²) in [6.45, 7) is 1.99. The maximum Gasteiger partial charge on any atom is 0.136 e. The number of nitrogens with zero attached hydrogens (tertiary/aromatic N) is 2. The molecule has 1 saturated heterocycles. The van der Waals surface area contributed by atoms with Gasteiger partial charge in [0.2, 0.25) is 0 Å². The Morgan fingerprint density at radius 3 is 2.79 bits per heavy atom. The van der Waals surface area contributed by atoms with Crippen LogP contribution in [0.3, 0.4) is 0 Å². The van der Waals surface area contributed by atoms with E-state index in [-0.39, 0.29) is 0 Å². The number of hydrogen-bond acceptors (Lipinski definition) is 4. The Morgan fingerprint density at radius 1 is 1.26 bits per heavy atom. The maximum absolute atomic E-state index is 5.98. The van der Waals surface area contributed by atoms with Gasteiger partial charge in [-0.2, -0.15) is 0 Å². The fourth-order valence-corrected chi connectivity index (χ4v) is 2.67. The number of nitrogens with one attached hydrogen (secondary N) is 1. The maximum atomic E-state index is 5.98. The zero-order chi connectivity index (χ0) is 13.2. The molecule has 0 unspecified atom stereocenters. The number of nitrogens with two attached hydrogens (primary N) is 1. The van der Waals surface area contributed by atoms with Crippen molar-refractivity contribution in [1.82, 2.24) is 4.98 Å². The quantitative estimate of drug-likeness (QED) is 0.865. The molecule has 4 nitrogen and oxygen atoms in total. The van der Waals surface area contributed by atoms with Gasteiger partial charge >= 0.3 is 0 Å². The summed E-state index contributed by atoms with van der Waals surface area (Å²) in [4.78, 5) is 6.94. The molecule has 0 spiro atoms. The summed E-state index contributed by atoms with van der Waals surface area (Å²) < 4.78 is 0. The third-order valence-electron chi connectivity index (χ3n) is 3.87. The minimum absolute atomic E-state index is 0.346. The van der Waals surface area contributed by atoms with E-state index in [4.69, 9.17) is 5.73 Å². The van der Waals surface area contributed by atoms with E-state index >= 15 is 0 Å². The minimum Gasteiger partial charge on any atom is -0.388 e. The highest BCUT2D eigenvalue weighted by atomic mass is 15.2. The van der Waals surface area contributed by atoms with Gasteiger partial charge in [0.1, 0.15) is 5.82 Å². The van der Waals surface area contributed by atoms with Crippen LogP contribution >= 0.6 is 0 Å². The predicted octanol–water partition coefficient (Wildman–Crippen LogP) is 2.20. The minimum atomic E-state index is 0.346. The van der Waals surface area contributed by atoms with Crippen LogP contribution in [-0.2, 0) is 0 Å². The van der Waals surface area contributed by atoms with Crippen molar-refractivity contribution in [2.45, 2.75) is 18.9 Å². The third-order valence-corrected chi connectivity index (χ3v) is 3.87. The van der Waals surface area contributed by atoms with Crippen molar-refractivity contribution < 1.29 is 0 Å². The van der Waals surface area contributed by atoms with Crippen LogP contribution < -0.4 is 16.0 Å². The topological polar surface area (TPSA) is 54.2 Å². The highest BCUT2D eigenvalue weighted by molar-refractivity contribution is 5.94. The van der Waals surface area contributed by atoms with Crippen molar-refractivity contribution in [2.75, 3.05) is 30.4 Å². The number of anilines is 2. The molecule has 0 aliphatic carbocycles. The van der Waals surface area contributed by atoms with E-state index in [0.717, 1.165) is 37.4 Å². The van der Waals surface area contributed by atoms with Crippen LogP contribution in [0.25, 0.3) is 10.8 Å². The summed E-state index contributed by atoms with van der Waals surface area (Å²) >= 11 is 0. The lowest BCUT2D eigenvalue weighted by molar-refractivity contribution is 0.499. The van der Waals surface area contributed by atoms with Crippen LogP contribution in [0.2, 0.25) is 0 Å². The molecule has 3 rings (SSSR count). The Balaban J connectivity index is 2.02. The van der Waals surface area contributed by atoms with Crippen molar-refractivity contribution in [3.63, 3.8) is 0 Å². The van der Waals surface area contributed by atoms with E-state index in [2.05, 4.69) is 39.5 Å². The number of piperidine rings is 1. The second-order valence-corrected chi connectivity index (χ2v) is 5.14. The zero-order valence-corrected chi connectivity index (χ0v) is 11.3. The summed E-state index contributed by atoms with van der Waals surface area (Å²) in [5.41, 5.74) is 7.10. The number of pyridine rings is 1. The molecule has 100 valence electrons. The number of fused-ring (bicyclic) bond motifs is 1. The van der Waals surface area contributed by atoms with Gasteiger partial charge in [-0.1, -0.05) is 6.07 Å². The molecule has 2 heterocycles. The largest absolute Gasteiger partial charge is 0.388 e. The number of aromatic nitrogens is 1. The molecular weight excluding hydrogens is 236 g/mol. The van der Waals surface area contributed by atoms with E-state index in [1.54, 1.807) is 0 Å². The molecule has 19 heavy (non-hydrogen) atoms. The van der Waals surface area contributed by atoms with E-state index in [1.165, 1.54) is 10.8 Å². The van der Waals surface area contributed by atoms with Crippen LogP contribution in [0.4, 0.5) is 11.5 Å². The second-order valence-electron chi connectivity index (χ2n) is 5.14. The van der Waals surface area contributed by atoms with Gasteiger partial charge in [0.25, 0.3) is 0 Å². The highest BCUT2D eigenvalue weighted by Gasteiger charge is 2.18. The van der Waals surface area contributed by atoms with Crippen LogP contribution in [0.5, 0.6) is 0 Å². The molecule has 3 N–H and O–H groups in total. The molecule has 0 bridgehead atoms. The number of rotatable bonds is 2. The van der Waals surface area contributed by atoms with Crippen LogP contribution in [-0.4, -0.2) is 31.2 Å². The lowest BCUT2D eigenvalue weighted by Crippen LogP contribution is -2.40. The van der Waals surface area contributed by atoms with Gasteiger partial charge in [0.15, 0.2) is 0 Å². The molecule has 0 amide bonds. The van der Waals surface area contributed by atoms with Gasteiger partial charge in [0.05, 0.1) is 0 Å². The summed E-state index contributed by atoms with van der Waals surface area (Å²) in [6.07, 6.45) is 3.98. The van der Waals surface area contributed by atoms with Crippen molar-refractivity contribution >= 4 is 22.3 Å². The van der Waals surface area contributed by atoms with Crippen LogP contribution in [0, 0.1) is 0 Å². The monoisotopic (exact) mass is 256 g/mol. The SMILES string of the molecule is CNc1ccc2ccnc(N3CCC(N)CC3)c2c1. The fraction of sp³-hybridized carbons (Fsp3) is 0.400. The first kappa shape index (κ1) is 12.2. The van der Waals surface area contributed by atoms with Crippen molar-refractivity contribution in [3.8, 4) is 0 Å². The normalized spacial score (nSPS) is 16.8. The average molecular weight is 256 g/mol. The van der Waals surface area contributed by atoms with E-state index in [1.807, 2.05) is 13.2 Å². The van der Waals surface area contributed by atoms with E-state index in [9.17, 15) is 0 Å². The van der Waals surface area contributed by atoms with Gasteiger partial charge in [-0.05, 0) is 36.4 Å². The Morgan fingerprint density at radius 2 is 2.05 bits per heavy atom. The van der Waals surface area contributed by atoms with Gasteiger partial charge in [-0.15, -0.1) is 0 Å². The van der Waals surface area contributed by atoms with Crippen molar-refractivity contribution in [3.05, 3.63) is 30.5 Å². The molecule has 1 aromatic heterocycles. The van der Waals surface area contributed by atoms with Gasteiger partial charge in [0, 0.05) is 43.4 Å². The average Bonchev–Trinajstić information content (AvgIpc) is 2.47. The Hall–Kier alpha value is -1.81. The molecule has 0 radical (unpaired) electrons. The van der Waals surface area contributed by atoms with Gasteiger partial charge in [-0.3, -0.25) is 0 Å². The van der Waals surface area contributed by atoms with Crippen LogP contribution in [0.15, 0.2) is 30.5 Å². The molecule has 1 aliphatic heterocycles. The first-order valence-corrected chi connectivity index (χ1v) is 6.85. The molecule has 0 atom stereocenters. The molecule has 1 aliphatic rings. The summed E-state index contributed by atoms with van der Waals surface area (Å²) in [7, 11) is 1.94. The molecule has 4 heteroatoms. The summed E-state index contributed by atoms with van der Waals surface area (Å²) in [5.74, 6) is 1.08. The smallest absolute Gasteiger partial charge is 0.136 e. The highest BCUT2D eigenvalue weighted by Crippen LogP contribution is 2.28. The van der Waals surface area contributed by atoms with Gasteiger partial charge < -0.3 is 16.0 Å². The Labute approximate surface area is 113 Å². The van der Waals surface area contributed by atoms with Crippen molar-refractivity contribution in [2.24, 2.45) is 5.73 Å². The van der Waals surface area contributed by atoms with E-state index in [0.29, 0.717) is 6.04 Å². The predicted molar refractivity (Wildman–Crippen MR) is 80.7 cm³/mol. The standard InChI is InChI=1S/C15H20N4/c1-17-13-3-2-11-4-7-18-15(14(11)10-13)19-8-5-12(16)6-9-19/h2-4,7,10,12,17H,5-6,8-9,16H2,1H3.